The van der Waals surface area contributed by atoms with E-state index in [-0.39, 0.29) is 17.6 Å². The Kier molecular flexibility index (Phi) is 5.13. The number of aryl methyl sites for hydroxylation is 1. The van der Waals surface area contributed by atoms with Gasteiger partial charge < -0.3 is 10.2 Å². The number of aromatic nitrogens is 1. The number of thiazole rings is 1. The molecule has 1 unspecified atom stereocenters. The van der Waals surface area contributed by atoms with Crippen LogP contribution in [0.5, 0.6) is 0 Å². The molecule has 0 radical (unpaired) electrons. The van der Waals surface area contributed by atoms with Crippen molar-refractivity contribution in [1.29, 1.82) is 0 Å². The molecule has 2 aromatic carbocycles. The van der Waals surface area contributed by atoms with Crippen molar-refractivity contribution >= 4 is 44.1 Å². The highest BCUT2D eigenvalue weighted by molar-refractivity contribution is 7.22. The second-order valence-electron chi connectivity index (χ2n) is 7.38. The van der Waals surface area contributed by atoms with Crippen LogP contribution in [0.2, 0.25) is 0 Å². The second kappa shape index (κ2) is 7.72. The molecule has 3 aromatic rings. The van der Waals surface area contributed by atoms with E-state index < -0.39 is 0 Å². The summed E-state index contributed by atoms with van der Waals surface area (Å²) in [6, 6.07) is 13.4. The van der Waals surface area contributed by atoms with Crippen molar-refractivity contribution in [2.75, 3.05) is 23.3 Å². The zero-order valence-corrected chi connectivity index (χ0v) is 16.9. The van der Waals surface area contributed by atoms with Crippen LogP contribution in [-0.2, 0) is 4.79 Å². The molecule has 0 spiro atoms. The van der Waals surface area contributed by atoms with E-state index in [4.69, 9.17) is 4.98 Å². The van der Waals surface area contributed by atoms with E-state index >= 15 is 0 Å². The van der Waals surface area contributed by atoms with Gasteiger partial charge in [-0.15, -0.1) is 0 Å². The largest absolute Gasteiger partial charge is 0.347 e. The Balaban J connectivity index is 1.47. The number of carbonyl (C=O) groups excluding carboxylic acids is 2. The fourth-order valence-corrected chi connectivity index (χ4v) is 4.68. The first-order valence-corrected chi connectivity index (χ1v) is 10.4. The summed E-state index contributed by atoms with van der Waals surface area (Å²) in [5.74, 6) is -0.100. The second-order valence-corrected chi connectivity index (χ2v) is 8.39. The third-order valence-electron chi connectivity index (χ3n) is 5.13. The highest BCUT2D eigenvalue weighted by Crippen LogP contribution is 2.32. The van der Waals surface area contributed by atoms with Gasteiger partial charge in [-0.2, -0.15) is 0 Å². The van der Waals surface area contributed by atoms with Crippen LogP contribution in [0.4, 0.5) is 10.8 Å². The summed E-state index contributed by atoms with van der Waals surface area (Å²) in [6.07, 6.45) is 1.82. The number of benzene rings is 2. The smallest absolute Gasteiger partial charge is 0.229 e. The number of amides is 1. The number of ketones is 1. The van der Waals surface area contributed by atoms with Gasteiger partial charge in [0, 0.05) is 24.3 Å². The Labute approximate surface area is 168 Å². The van der Waals surface area contributed by atoms with E-state index in [2.05, 4.69) is 35.3 Å². The third kappa shape index (κ3) is 3.92. The van der Waals surface area contributed by atoms with E-state index in [1.165, 1.54) is 17.2 Å². The van der Waals surface area contributed by atoms with Gasteiger partial charge in [0.15, 0.2) is 10.9 Å². The van der Waals surface area contributed by atoms with Crippen LogP contribution in [0.1, 0.15) is 35.7 Å². The van der Waals surface area contributed by atoms with E-state index in [9.17, 15) is 9.59 Å². The molecule has 1 aliphatic rings. The summed E-state index contributed by atoms with van der Waals surface area (Å²) in [5, 5.41) is 3.96. The van der Waals surface area contributed by atoms with Crippen molar-refractivity contribution < 1.29 is 9.59 Å². The van der Waals surface area contributed by atoms with Crippen molar-refractivity contribution in [3.8, 4) is 0 Å². The molecule has 1 aliphatic heterocycles. The minimum atomic E-state index is -0.0940. The Morgan fingerprint density at radius 1 is 1.21 bits per heavy atom. The average Bonchev–Trinajstić information content (AvgIpc) is 3.11. The molecule has 6 heteroatoms. The van der Waals surface area contributed by atoms with Gasteiger partial charge in [0.25, 0.3) is 0 Å². The molecule has 1 aromatic heterocycles. The lowest BCUT2D eigenvalue weighted by molar-refractivity contribution is -0.120. The zero-order chi connectivity index (χ0) is 19.7. The Morgan fingerprint density at radius 3 is 2.89 bits per heavy atom. The molecule has 1 saturated heterocycles. The number of anilines is 2. The maximum Gasteiger partial charge on any atom is 0.229 e. The zero-order valence-electron chi connectivity index (χ0n) is 16.1. The molecule has 4 rings (SSSR count). The first-order valence-electron chi connectivity index (χ1n) is 9.53. The molecule has 5 nitrogen and oxygen atoms in total. The third-order valence-corrected chi connectivity index (χ3v) is 6.21. The predicted molar refractivity (Wildman–Crippen MR) is 114 cm³/mol. The van der Waals surface area contributed by atoms with Gasteiger partial charge in [-0.05, 0) is 56.5 Å². The van der Waals surface area contributed by atoms with E-state index in [1.807, 2.05) is 6.07 Å². The quantitative estimate of drug-likeness (QED) is 0.655. The lowest BCUT2D eigenvalue weighted by Gasteiger charge is -2.31. The standard InChI is InChI=1S/C22H23N3O2S/c1-14-8-9-19-20(11-14)28-22(24-19)25-10-4-6-17(13-25)21(27)23-18-7-3-5-16(12-18)15(2)26/h3,5,7-9,11-12,17H,4,6,10,13H2,1-2H3,(H,23,27). The van der Waals surface area contributed by atoms with Crippen molar-refractivity contribution in [3.63, 3.8) is 0 Å². The summed E-state index contributed by atoms with van der Waals surface area (Å²) in [4.78, 5) is 31.3. The van der Waals surface area contributed by atoms with Gasteiger partial charge in [0.05, 0.1) is 16.1 Å². The van der Waals surface area contributed by atoms with Gasteiger partial charge in [-0.1, -0.05) is 29.5 Å². The Morgan fingerprint density at radius 2 is 2.07 bits per heavy atom. The average molecular weight is 394 g/mol. The number of hydrogen-bond acceptors (Lipinski definition) is 5. The highest BCUT2D eigenvalue weighted by atomic mass is 32.1. The monoisotopic (exact) mass is 393 g/mol. The lowest BCUT2D eigenvalue weighted by Crippen LogP contribution is -2.40. The molecule has 144 valence electrons. The van der Waals surface area contributed by atoms with Gasteiger partial charge in [-0.3, -0.25) is 9.59 Å². The minimum Gasteiger partial charge on any atom is -0.347 e. The molecule has 0 saturated carbocycles. The summed E-state index contributed by atoms with van der Waals surface area (Å²) in [5.41, 5.74) is 3.52. The molecular weight excluding hydrogens is 370 g/mol. The van der Waals surface area contributed by atoms with Crippen molar-refractivity contribution in [2.45, 2.75) is 26.7 Å². The molecular formula is C22H23N3O2S. The van der Waals surface area contributed by atoms with E-state index in [0.717, 1.165) is 30.0 Å². The van der Waals surface area contributed by atoms with Crippen LogP contribution >= 0.6 is 11.3 Å². The number of Topliss-reactive ketones (excluding diaryl/α,β-unsaturated/α-hetero) is 1. The molecule has 1 atom stereocenters. The number of piperidine rings is 1. The van der Waals surface area contributed by atoms with Crippen molar-refractivity contribution in [3.05, 3.63) is 53.6 Å². The maximum absolute atomic E-state index is 12.8. The van der Waals surface area contributed by atoms with Crippen molar-refractivity contribution in [2.24, 2.45) is 5.92 Å². The topological polar surface area (TPSA) is 62.3 Å². The normalized spacial score (nSPS) is 16.9. The Bertz CT molecular complexity index is 1040. The molecule has 1 amide bonds. The summed E-state index contributed by atoms with van der Waals surface area (Å²) in [7, 11) is 0. The van der Waals surface area contributed by atoms with Crippen LogP contribution in [0, 0.1) is 12.8 Å². The van der Waals surface area contributed by atoms with E-state index in [1.54, 1.807) is 29.5 Å². The highest BCUT2D eigenvalue weighted by Gasteiger charge is 2.27. The number of carbonyl (C=O) groups is 2. The van der Waals surface area contributed by atoms with Gasteiger partial charge in [-0.25, -0.2) is 4.98 Å². The van der Waals surface area contributed by atoms with Gasteiger partial charge in [0.1, 0.15) is 0 Å². The number of rotatable bonds is 4. The molecule has 28 heavy (non-hydrogen) atoms. The van der Waals surface area contributed by atoms with Crippen LogP contribution in [0.15, 0.2) is 42.5 Å². The Hall–Kier alpha value is -2.73. The number of nitrogens with zero attached hydrogens (tertiary/aromatic N) is 2. The SMILES string of the molecule is CC(=O)c1cccc(NC(=O)C2CCCN(c3nc4ccc(C)cc4s3)C2)c1. The molecule has 0 bridgehead atoms. The number of nitrogens with one attached hydrogen (secondary N) is 1. The first-order chi connectivity index (χ1) is 13.5. The summed E-state index contributed by atoms with van der Waals surface area (Å²) >= 11 is 1.69. The van der Waals surface area contributed by atoms with Crippen LogP contribution in [0.3, 0.4) is 0 Å². The fraction of sp³-hybridized carbons (Fsp3) is 0.318. The van der Waals surface area contributed by atoms with E-state index in [0.29, 0.717) is 17.8 Å². The molecule has 2 heterocycles. The first kappa shape index (κ1) is 18.6. The fourth-order valence-electron chi connectivity index (χ4n) is 3.58. The lowest BCUT2D eigenvalue weighted by atomic mass is 9.97. The molecule has 1 N–H and O–H groups in total. The number of hydrogen-bond donors (Lipinski definition) is 1. The van der Waals surface area contributed by atoms with Gasteiger partial charge in [0.2, 0.25) is 5.91 Å². The molecule has 0 aliphatic carbocycles. The van der Waals surface area contributed by atoms with Crippen LogP contribution < -0.4 is 10.2 Å². The maximum atomic E-state index is 12.8. The minimum absolute atomic E-state index is 0.00218. The summed E-state index contributed by atoms with van der Waals surface area (Å²) in [6.45, 7) is 5.19. The van der Waals surface area contributed by atoms with Gasteiger partial charge >= 0.3 is 0 Å². The van der Waals surface area contributed by atoms with Crippen LogP contribution in [-0.4, -0.2) is 29.8 Å². The summed E-state index contributed by atoms with van der Waals surface area (Å²) < 4.78 is 1.18. The predicted octanol–water partition coefficient (Wildman–Crippen LogP) is 4.66. The van der Waals surface area contributed by atoms with Crippen molar-refractivity contribution in [1.82, 2.24) is 4.98 Å². The van der Waals surface area contributed by atoms with Crippen LogP contribution in [0.25, 0.3) is 10.2 Å². The molecule has 1 fully saturated rings. The number of fused-ring (bicyclic) bond motifs is 1.